The van der Waals surface area contributed by atoms with E-state index in [0.29, 0.717) is 23.0 Å². The van der Waals surface area contributed by atoms with Gasteiger partial charge in [-0.2, -0.15) is 0 Å². The van der Waals surface area contributed by atoms with E-state index in [1.165, 1.54) is 11.0 Å². The lowest BCUT2D eigenvalue weighted by molar-refractivity contribution is -0.903. The molecule has 0 unspecified atom stereocenters. The molecule has 0 spiro atoms. The van der Waals surface area contributed by atoms with Gasteiger partial charge in [0.15, 0.2) is 0 Å². The molecule has 1 saturated heterocycles. The summed E-state index contributed by atoms with van der Waals surface area (Å²) in [4.78, 5) is 3.36. The monoisotopic (exact) mass is 415 g/mol. The van der Waals surface area contributed by atoms with Gasteiger partial charge >= 0.3 is 0 Å². The summed E-state index contributed by atoms with van der Waals surface area (Å²) in [5.74, 6) is 0.403. The van der Waals surface area contributed by atoms with Crippen LogP contribution in [0.2, 0.25) is 5.02 Å². The number of para-hydroxylation sites is 1. The molecule has 6 heteroatoms. The number of quaternary nitrogens is 1. The maximum absolute atomic E-state index is 14.0. The van der Waals surface area contributed by atoms with Crippen molar-refractivity contribution < 1.29 is 19.1 Å². The number of nitrogens with one attached hydrogen (secondary N) is 1. The zero-order valence-electron chi connectivity index (χ0n) is 16.2. The van der Waals surface area contributed by atoms with E-state index in [-0.39, 0.29) is 12.4 Å². The molecule has 2 N–H and O–H groups in total. The summed E-state index contributed by atoms with van der Waals surface area (Å²) in [6.07, 6.45) is -0.590. The van der Waals surface area contributed by atoms with Gasteiger partial charge < -0.3 is 19.6 Å². The fourth-order valence-corrected chi connectivity index (χ4v) is 4.17. The molecule has 0 aromatic heterocycles. The van der Waals surface area contributed by atoms with Crippen LogP contribution in [-0.2, 0) is 0 Å². The molecule has 0 aliphatic carbocycles. The Kier molecular flexibility index (Phi) is 6.19. The Hall–Kier alpha value is -2.34. The number of hydrogen-bond acceptors (Lipinski definition) is 3. The second kappa shape index (κ2) is 8.99. The maximum Gasteiger partial charge on any atom is 0.146 e. The lowest BCUT2D eigenvalue weighted by Crippen LogP contribution is -3.16. The van der Waals surface area contributed by atoms with E-state index >= 15 is 0 Å². The van der Waals surface area contributed by atoms with Crippen molar-refractivity contribution in [2.45, 2.75) is 6.10 Å². The van der Waals surface area contributed by atoms with Crippen molar-refractivity contribution in [1.29, 1.82) is 0 Å². The summed E-state index contributed by atoms with van der Waals surface area (Å²) >= 11 is 6.46. The molecule has 0 saturated carbocycles. The SMILES string of the molecule is O[C@@H](COc1ccc2ccccc2c1Cl)C[NH+]1CCN(c2ccccc2F)CC1. The summed E-state index contributed by atoms with van der Waals surface area (Å²) in [5.41, 5.74) is 0.654. The largest absolute Gasteiger partial charge is 0.489 e. The second-order valence-electron chi connectivity index (χ2n) is 7.46. The first kappa shape index (κ1) is 20.0. The Balaban J connectivity index is 1.28. The Morgan fingerprint density at radius 2 is 1.76 bits per heavy atom. The Labute approximate surface area is 175 Å². The topological polar surface area (TPSA) is 37.1 Å². The van der Waals surface area contributed by atoms with Gasteiger partial charge in [0.2, 0.25) is 0 Å². The van der Waals surface area contributed by atoms with E-state index in [0.717, 1.165) is 37.0 Å². The van der Waals surface area contributed by atoms with Gasteiger partial charge in [-0.05, 0) is 23.6 Å². The van der Waals surface area contributed by atoms with E-state index in [4.69, 9.17) is 16.3 Å². The van der Waals surface area contributed by atoms with E-state index in [2.05, 4.69) is 4.90 Å². The lowest BCUT2D eigenvalue weighted by Gasteiger charge is -2.34. The molecular formula is C23H25ClFN2O2+. The molecule has 0 amide bonds. The van der Waals surface area contributed by atoms with Crippen molar-refractivity contribution in [3.8, 4) is 5.75 Å². The van der Waals surface area contributed by atoms with Crippen LogP contribution in [0.4, 0.5) is 10.1 Å². The van der Waals surface area contributed by atoms with Gasteiger partial charge in [0.1, 0.15) is 30.8 Å². The predicted molar refractivity (Wildman–Crippen MR) is 115 cm³/mol. The first-order valence-corrected chi connectivity index (χ1v) is 10.3. The normalized spacial score (nSPS) is 16.2. The molecule has 3 aromatic rings. The molecule has 1 heterocycles. The number of benzene rings is 3. The molecular weight excluding hydrogens is 391 g/mol. The number of rotatable bonds is 6. The number of halogens is 2. The number of fused-ring (bicyclic) bond motifs is 1. The van der Waals surface area contributed by atoms with Crippen molar-refractivity contribution in [2.24, 2.45) is 0 Å². The number of ether oxygens (including phenoxy) is 1. The number of nitrogens with zero attached hydrogens (tertiary/aromatic N) is 1. The number of piperazine rings is 1. The van der Waals surface area contributed by atoms with Crippen molar-refractivity contribution in [2.75, 3.05) is 44.2 Å². The standard InChI is InChI=1S/C23H24ClFN2O2/c24-23-19-6-2-1-5-17(19)9-10-22(23)29-16-18(28)15-26-11-13-27(14-12-26)21-8-4-3-7-20(21)25/h1-10,18,28H,11-16H2/p+1/t18-/m1/s1. The Morgan fingerprint density at radius 3 is 2.55 bits per heavy atom. The quantitative estimate of drug-likeness (QED) is 0.650. The van der Waals surface area contributed by atoms with Gasteiger partial charge in [-0.3, -0.25) is 0 Å². The average Bonchev–Trinajstić information content (AvgIpc) is 2.74. The van der Waals surface area contributed by atoms with E-state index in [9.17, 15) is 9.50 Å². The molecule has 0 radical (unpaired) electrons. The highest BCUT2D eigenvalue weighted by Gasteiger charge is 2.24. The molecule has 1 fully saturated rings. The van der Waals surface area contributed by atoms with Crippen LogP contribution in [-0.4, -0.2) is 50.5 Å². The third-order valence-electron chi connectivity index (χ3n) is 5.45. The summed E-state index contributed by atoms with van der Waals surface area (Å²) in [6, 6.07) is 18.6. The van der Waals surface area contributed by atoms with Crippen LogP contribution in [0, 0.1) is 5.82 Å². The van der Waals surface area contributed by atoms with E-state index < -0.39 is 6.10 Å². The zero-order valence-corrected chi connectivity index (χ0v) is 16.9. The predicted octanol–water partition coefficient (Wildman–Crippen LogP) is 2.78. The van der Waals surface area contributed by atoms with Crippen LogP contribution < -0.4 is 14.5 Å². The molecule has 1 atom stereocenters. The van der Waals surface area contributed by atoms with Crippen LogP contribution in [0.15, 0.2) is 60.7 Å². The van der Waals surface area contributed by atoms with E-state index in [1.807, 2.05) is 48.5 Å². The van der Waals surface area contributed by atoms with Gasteiger partial charge in [-0.15, -0.1) is 0 Å². The Bertz CT molecular complexity index is 976. The number of aliphatic hydroxyl groups excluding tert-OH is 1. The first-order valence-electron chi connectivity index (χ1n) is 9.93. The van der Waals surface area contributed by atoms with Crippen LogP contribution in [0.5, 0.6) is 5.75 Å². The summed E-state index contributed by atoms with van der Waals surface area (Å²) in [5, 5.41) is 13.0. The molecule has 3 aromatic carbocycles. The van der Waals surface area contributed by atoms with Crippen LogP contribution in [0.25, 0.3) is 10.8 Å². The van der Waals surface area contributed by atoms with Crippen LogP contribution in [0.3, 0.4) is 0 Å². The minimum Gasteiger partial charge on any atom is -0.489 e. The minimum atomic E-state index is -0.590. The minimum absolute atomic E-state index is 0.184. The molecule has 4 nitrogen and oxygen atoms in total. The maximum atomic E-state index is 14.0. The third-order valence-corrected chi connectivity index (χ3v) is 5.84. The fourth-order valence-electron chi connectivity index (χ4n) is 3.88. The highest BCUT2D eigenvalue weighted by molar-refractivity contribution is 6.37. The molecule has 0 bridgehead atoms. The summed E-state index contributed by atoms with van der Waals surface area (Å²) in [7, 11) is 0. The number of aliphatic hydroxyl groups is 1. The van der Waals surface area contributed by atoms with E-state index in [1.54, 1.807) is 6.07 Å². The van der Waals surface area contributed by atoms with Crippen molar-refractivity contribution in [1.82, 2.24) is 0 Å². The second-order valence-corrected chi connectivity index (χ2v) is 7.83. The molecule has 4 rings (SSSR count). The number of anilines is 1. The molecule has 29 heavy (non-hydrogen) atoms. The fraction of sp³-hybridized carbons (Fsp3) is 0.304. The van der Waals surface area contributed by atoms with Crippen molar-refractivity contribution in [3.63, 3.8) is 0 Å². The molecule has 1 aliphatic heterocycles. The highest BCUT2D eigenvalue weighted by Crippen LogP contribution is 2.32. The van der Waals surface area contributed by atoms with Crippen LogP contribution in [0.1, 0.15) is 0 Å². The van der Waals surface area contributed by atoms with Crippen LogP contribution >= 0.6 is 11.6 Å². The van der Waals surface area contributed by atoms with Gasteiger partial charge in [0, 0.05) is 5.39 Å². The average molecular weight is 416 g/mol. The third kappa shape index (κ3) is 4.64. The molecule has 152 valence electrons. The zero-order chi connectivity index (χ0) is 20.2. The molecule has 1 aliphatic rings. The van der Waals surface area contributed by atoms with Crippen molar-refractivity contribution in [3.05, 3.63) is 71.5 Å². The number of hydrogen-bond donors (Lipinski definition) is 2. The Morgan fingerprint density at radius 1 is 1.03 bits per heavy atom. The van der Waals surface area contributed by atoms with Gasteiger partial charge in [-0.1, -0.05) is 54.1 Å². The summed E-state index contributed by atoms with van der Waals surface area (Å²) < 4.78 is 19.8. The van der Waals surface area contributed by atoms with Crippen molar-refractivity contribution >= 4 is 28.1 Å². The smallest absolute Gasteiger partial charge is 0.146 e. The van der Waals surface area contributed by atoms with Gasteiger partial charge in [0.25, 0.3) is 0 Å². The first-order chi connectivity index (χ1) is 14.1. The highest BCUT2D eigenvalue weighted by atomic mass is 35.5. The lowest BCUT2D eigenvalue weighted by atomic mass is 10.1. The van der Waals surface area contributed by atoms with Gasteiger partial charge in [-0.25, -0.2) is 4.39 Å². The van der Waals surface area contributed by atoms with Gasteiger partial charge in [0.05, 0.1) is 36.9 Å². The summed E-state index contributed by atoms with van der Waals surface area (Å²) in [6.45, 7) is 4.01.